The van der Waals surface area contributed by atoms with Crippen LogP contribution in [0, 0.1) is 0 Å². The summed E-state index contributed by atoms with van der Waals surface area (Å²) in [5.74, 6) is 0. The van der Waals surface area contributed by atoms with E-state index in [1.165, 1.54) is 0 Å². The average Bonchev–Trinajstić information content (AvgIpc) is 1.27. The van der Waals surface area contributed by atoms with Crippen LogP contribution in [0.15, 0.2) is 0 Å². The number of carbonyl (C=O) groups is 2. The van der Waals surface area contributed by atoms with Crippen molar-refractivity contribution >= 4 is 79.6 Å². The Bertz CT molecular complexity index is 91.1. The van der Waals surface area contributed by atoms with Crippen LogP contribution >= 0.6 is 0 Å². The van der Waals surface area contributed by atoms with Crippen LogP contribution in [0.3, 0.4) is 0 Å². The molecule has 0 bridgehead atoms. The standard InChI is InChI=1S/C2H2O5.Ca.Na.3H/c3-1(4)7-2(5)6;;;;;/h(H,3,4)(H,5,6);;;;;. The third-order valence-electron chi connectivity index (χ3n) is 0.175. The zero-order chi connectivity index (χ0) is 5.86. The van der Waals surface area contributed by atoms with Crippen LogP contribution in [-0.2, 0) is 4.74 Å². The van der Waals surface area contributed by atoms with Crippen LogP contribution in [-0.4, -0.2) is 89.8 Å². The van der Waals surface area contributed by atoms with Crippen LogP contribution in [0.5, 0.6) is 0 Å². The van der Waals surface area contributed by atoms with E-state index in [1.807, 2.05) is 0 Å². The minimum absolute atomic E-state index is 0. The summed E-state index contributed by atoms with van der Waals surface area (Å²) < 4.78 is 3.08. The minimum atomic E-state index is -1.81. The molecule has 0 aromatic rings. The van der Waals surface area contributed by atoms with Crippen LogP contribution in [0.4, 0.5) is 9.59 Å². The van der Waals surface area contributed by atoms with Crippen molar-refractivity contribution in [2.75, 3.05) is 0 Å². The molecule has 0 heterocycles. The van der Waals surface area contributed by atoms with E-state index in [0.717, 1.165) is 0 Å². The molecule has 0 aliphatic rings. The van der Waals surface area contributed by atoms with Crippen molar-refractivity contribution < 1.29 is 24.5 Å². The predicted molar refractivity (Wildman–Crippen MR) is 32.8 cm³/mol. The third kappa shape index (κ3) is 17.6. The van der Waals surface area contributed by atoms with Crippen molar-refractivity contribution in [2.24, 2.45) is 0 Å². The summed E-state index contributed by atoms with van der Waals surface area (Å²) >= 11 is 0. The molecule has 0 unspecified atom stereocenters. The zero-order valence-electron chi connectivity index (χ0n) is 3.12. The maximum absolute atomic E-state index is 9.21. The van der Waals surface area contributed by atoms with Crippen molar-refractivity contribution in [3.05, 3.63) is 0 Å². The van der Waals surface area contributed by atoms with Crippen molar-refractivity contribution in [3.63, 3.8) is 0 Å². The van der Waals surface area contributed by atoms with E-state index in [-0.39, 0.29) is 67.3 Å². The number of hydrogen-bond donors (Lipinski definition) is 2. The molecule has 2 N–H and O–H groups in total. The Labute approximate surface area is 103 Å². The van der Waals surface area contributed by atoms with Gasteiger partial charge in [-0.1, -0.05) is 0 Å². The van der Waals surface area contributed by atoms with E-state index >= 15 is 0 Å². The molecular weight excluding hydrogens is 167 g/mol. The van der Waals surface area contributed by atoms with E-state index in [2.05, 4.69) is 4.74 Å². The second-order valence-electron chi connectivity index (χ2n) is 0.634. The molecule has 0 spiro atoms. The van der Waals surface area contributed by atoms with Gasteiger partial charge in [-0.15, -0.1) is 0 Å². The van der Waals surface area contributed by atoms with Gasteiger partial charge < -0.3 is 14.9 Å². The van der Waals surface area contributed by atoms with E-state index in [9.17, 15) is 9.59 Å². The van der Waals surface area contributed by atoms with Crippen molar-refractivity contribution in [1.82, 2.24) is 0 Å². The van der Waals surface area contributed by atoms with E-state index in [1.54, 1.807) is 0 Å². The Kier molecular flexibility index (Phi) is 16.5. The van der Waals surface area contributed by atoms with Gasteiger partial charge in [0.2, 0.25) is 0 Å². The Morgan fingerprint density at radius 2 is 1.33 bits per heavy atom. The van der Waals surface area contributed by atoms with E-state index in [0.29, 0.717) is 0 Å². The Hall–Kier alpha value is 1.000. The molecule has 0 atom stereocenters. The van der Waals surface area contributed by atoms with Crippen molar-refractivity contribution in [1.29, 1.82) is 0 Å². The molecule has 0 saturated heterocycles. The maximum atomic E-state index is 9.21. The quantitative estimate of drug-likeness (QED) is 0.272. The molecule has 7 heteroatoms. The molecule has 0 aliphatic carbocycles. The van der Waals surface area contributed by atoms with E-state index in [4.69, 9.17) is 10.2 Å². The molecule has 0 saturated carbocycles. The number of hydrogen-bond acceptors (Lipinski definition) is 3. The molecule has 9 heavy (non-hydrogen) atoms. The zero-order valence-corrected chi connectivity index (χ0v) is 3.12. The Morgan fingerprint density at radius 1 is 1.11 bits per heavy atom. The van der Waals surface area contributed by atoms with Gasteiger partial charge in [0, 0.05) is 0 Å². The summed E-state index contributed by atoms with van der Waals surface area (Å²) in [5, 5.41) is 15.0. The fourth-order valence-electron chi connectivity index (χ4n) is 0.0747. The fourth-order valence-corrected chi connectivity index (χ4v) is 0.0747. The van der Waals surface area contributed by atoms with Gasteiger partial charge in [0.05, 0.1) is 0 Å². The van der Waals surface area contributed by atoms with Gasteiger partial charge in [-0.25, -0.2) is 9.59 Å². The Balaban J connectivity index is -0.000000180. The normalized spacial score (nSPS) is 5.78. The molecule has 0 rings (SSSR count). The van der Waals surface area contributed by atoms with Crippen molar-refractivity contribution in [3.8, 4) is 0 Å². The van der Waals surface area contributed by atoms with Crippen LogP contribution < -0.4 is 0 Å². The molecule has 5 nitrogen and oxygen atoms in total. The summed E-state index contributed by atoms with van der Waals surface area (Å²) in [5.41, 5.74) is 0. The first kappa shape index (κ1) is 16.5. The fraction of sp³-hybridized carbons (Fsp3) is 0. The third-order valence-corrected chi connectivity index (χ3v) is 0.175. The average molecular weight is 172 g/mol. The number of carboxylic acid groups (broad SMARTS) is 2. The van der Waals surface area contributed by atoms with Gasteiger partial charge in [-0.3, -0.25) is 0 Å². The molecule has 0 aliphatic heterocycles. The molecular formula is C2H5CaNaO5. The Morgan fingerprint density at radius 3 is 1.33 bits per heavy atom. The summed E-state index contributed by atoms with van der Waals surface area (Å²) in [4.78, 5) is 18.4. The van der Waals surface area contributed by atoms with Crippen LogP contribution in [0.1, 0.15) is 0 Å². The first-order valence-electron chi connectivity index (χ1n) is 1.26. The monoisotopic (exact) mass is 172 g/mol. The van der Waals surface area contributed by atoms with Gasteiger partial charge in [-0.05, 0) is 0 Å². The van der Waals surface area contributed by atoms with Gasteiger partial charge in [0.25, 0.3) is 0 Å². The van der Waals surface area contributed by atoms with Crippen molar-refractivity contribution in [2.45, 2.75) is 0 Å². The topological polar surface area (TPSA) is 83.8 Å². The molecule has 0 radical (unpaired) electrons. The second kappa shape index (κ2) is 9.00. The molecule has 46 valence electrons. The van der Waals surface area contributed by atoms with Crippen LogP contribution in [0.25, 0.3) is 0 Å². The van der Waals surface area contributed by atoms with E-state index < -0.39 is 12.3 Å². The van der Waals surface area contributed by atoms with Gasteiger partial charge in [-0.2, -0.15) is 0 Å². The second-order valence-corrected chi connectivity index (χ2v) is 0.634. The predicted octanol–water partition coefficient (Wildman–Crippen LogP) is -1.21. The van der Waals surface area contributed by atoms with Gasteiger partial charge >= 0.3 is 79.6 Å². The molecule has 0 amide bonds. The van der Waals surface area contributed by atoms with Gasteiger partial charge in [0.1, 0.15) is 0 Å². The summed E-state index contributed by atoms with van der Waals surface area (Å²) in [6.07, 6.45) is -3.62. The summed E-state index contributed by atoms with van der Waals surface area (Å²) in [7, 11) is 0. The summed E-state index contributed by atoms with van der Waals surface area (Å²) in [6.45, 7) is 0. The van der Waals surface area contributed by atoms with Crippen LogP contribution in [0.2, 0.25) is 0 Å². The number of rotatable bonds is 0. The molecule has 0 fully saturated rings. The first-order valence-corrected chi connectivity index (χ1v) is 1.26. The number of ether oxygens (including phenoxy) is 1. The summed E-state index contributed by atoms with van der Waals surface area (Å²) in [6, 6.07) is 0. The van der Waals surface area contributed by atoms with Gasteiger partial charge in [0.15, 0.2) is 0 Å². The first-order chi connectivity index (χ1) is 3.13. The SMILES string of the molecule is O=C(O)OC(=O)O.[CaH2].[NaH]. The molecule has 0 aromatic carbocycles. The molecule has 0 aromatic heterocycles.